The van der Waals surface area contributed by atoms with Crippen molar-refractivity contribution in [2.45, 2.75) is 33.2 Å². The quantitative estimate of drug-likeness (QED) is 0.902. The summed E-state index contributed by atoms with van der Waals surface area (Å²) in [7, 11) is 0. The van der Waals surface area contributed by atoms with E-state index < -0.39 is 5.54 Å². The summed E-state index contributed by atoms with van der Waals surface area (Å²) in [5, 5.41) is 7.34. The van der Waals surface area contributed by atoms with Gasteiger partial charge in [0.25, 0.3) is 5.91 Å². The molecule has 5 heteroatoms. The Balaban J connectivity index is 2.30. The van der Waals surface area contributed by atoms with Crippen LogP contribution in [0.3, 0.4) is 0 Å². The Hall–Kier alpha value is -2.14. The highest BCUT2D eigenvalue weighted by Gasteiger charge is 2.21. The van der Waals surface area contributed by atoms with Crippen molar-refractivity contribution >= 4 is 5.91 Å². The van der Waals surface area contributed by atoms with E-state index in [4.69, 9.17) is 5.73 Å². The zero-order valence-electron chi connectivity index (χ0n) is 13.0. The van der Waals surface area contributed by atoms with E-state index >= 15 is 0 Å². The second-order valence-electron chi connectivity index (χ2n) is 5.96. The molecule has 112 valence electrons. The molecule has 0 saturated carbocycles. The highest BCUT2D eigenvalue weighted by molar-refractivity contribution is 5.96. The third kappa shape index (κ3) is 3.49. The summed E-state index contributed by atoms with van der Waals surface area (Å²) >= 11 is 0. The van der Waals surface area contributed by atoms with Crippen molar-refractivity contribution in [3.05, 3.63) is 47.3 Å². The van der Waals surface area contributed by atoms with Gasteiger partial charge in [0.2, 0.25) is 0 Å². The van der Waals surface area contributed by atoms with Gasteiger partial charge in [0.15, 0.2) is 0 Å². The molecule has 1 heterocycles. The smallest absolute Gasteiger partial charge is 0.255 e. The van der Waals surface area contributed by atoms with Crippen molar-refractivity contribution in [2.24, 2.45) is 5.73 Å². The first-order valence-electron chi connectivity index (χ1n) is 6.98. The van der Waals surface area contributed by atoms with Crippen molar-refractivity contribution in [1.29, 1.82) is 0 Å². The molecule has 0 aliphatic heterocycles. The maximum Gasteiger partial charge on any atom is 0.255 e. The minimum Gasteiger partial charge on any atom is -0.350 e. The Morgan fingerprint density at radius 1 is 1.29 bits per heavy atom. The first-order chi connectivity index (χ1) is 9.79. The van der Waals surface area contributed by atoms with E-state index in [-0.39, 0.29) is 5.91 Å². The second-order valence-corrected chi connectivity index (χ2v) is 5.96. The molecule has 0 aliphatic carbocycles. The standard InChI is InChI=1S/C16H22N4O/c1-11-14(15(21)18-10-16(3,4)17)12(2)20(19-11)13-8-6-5-7-9-13/h5-9H,10,17H2,1-4H3,(H,18,21). The number of hydrogen-bond acceptors (Lipinski definition) is 3. The average Bonchev–Trinajstić information content (AvgIpc) is 2.72. The van der Waals surface area contributed by atoms with Gasteiger partial charge in [0.05, 0.1) is 22.6 Å². The first-order valence-corrected chi connectivity index (χ1v) is 6.98. The number of para-hydroxylation sites is 1. The van der Waals surface area contributed by atoms with Gasteiger partial charge in [-0.15, -0.1) is 0 Å². The number of nitrogens with two attached hydrogens (primary N) is 1. The summed E-state index contributed by atoms with van der Waals surface area (Å²) < 4.78 is 1.79. The van der Waals surface area contributed by atoms with E-state index in [0.717, 1.165) is 11.4 Å². The molecule has 2 aromatic rings. The van der Waals surface area contributed by atoms with Crippen molar-refractivity contribution < 1.29 is 4.79 Å². The first kappa shape index (κ1) is 15.3. The monoisotopic (exact) mass is 286 g/mol. The Bertz CT molecular complexity index is 638. The fourth-order valence-electron chi connectivity index (χ4n) is 2.19. The van der Waals surface area contributed by atoms with Gasteiger partial charge in [-0.2, -0.15) is 5.10 Å². The fraction of sp³-hybridized carbons (Fsp3) is 0.375. The molecule has 5 nitrogen and oxygen atoms in total. The minimum absolute atomic E-state index is 0.134. The number of rotatable bonds is 4. The van der Waals surface area contributed by atoms with Gasteiger partial charge in [0.1, 0.15) is 0 Å². The van der Waals surface area contributed by atoms with Crippen molar-refractivity contribution in [2.75, 3.05) is 6.54 Å². The maximum atomic E-state index is 12.4. The van der Waals surface area contributed by atoms with Crippen LogP contribution in [-0.2, 0) is 0 Å². The predicted octanol–water partition coefficient (Wildman–Crippen LogP) is 1.96. The predicted molar refractivity (Wildman–Crippen MR) is 83.6 cm³/mol. The van der Waals surface area contributed by atoms with Gasteiger partial charge >= 0.3 is 0 Å². The summed E-state index contributed by atoms with van der Waals surface area (Å²) in [6.07, 6.45) is 0. The molecule has 3 N–H and O–H groups in total. The van der Waals surface area contributed by atoms with Gasteiger partial charge < -0.3 is 11.1 Å². The number of benzene rings is 1. The third-order valence-electron chi connectivity index (χ3n) is 3.22. The Morgan fingerprint density at radius 3 is 2.48 bits per heavy atom. The summed E-state index contributed by atoms with van der Waals surface area (Å²) in [5.74, 6) is -0.134. The number of carbonyl (C=O) groups excluding carboxylic acids is 1. The molecule has 2 rings (SSSR count). The molecule has 0 unspecified atom stereocenters. The van der Waals surface area contributed by atoms with Crippen LogP contribution in [0.4, 0.5) is 0 Å². The van der Waals surface area contributed by atoms with Crippen LogP contribution in [0.25, 0.3) is 5.69 Å². The summed E-state index contributed by atoms with van der Waals surface area (Å²) in [4.78, 5) is 12.4. The zero-order chi connectivity index (χ0) is 15.6. The third-order valence-corrected chi connectivity index (χ3v) is 3.22. The molecule has 0 atom stereocenters. The van der Waals surface area contributed by atoms with Crippen LogP contribution in [0.5, 0.6) is 0 Å². The molecule has 21 heavy (non-hydrogen) atoms. The lowest BCUT2D eigenvalue weighted by atomic mass is 10.1. The largest absolute Gasteiger partial charge is 0.350 e. The molecule has 1 aromatic heterocycles. The number of aryl methyl sites for hydroxylation is 1. The van der Waals surface area contributed by atoms with E-state index in [1.54, 1.807) is 4.68 Å². The van der Waals surface area contributed by atoms with Gasteiger partial charge in [-0.25, -0.2) is 4.68 Å². The van der Waals surface area contributed by atoms with Crippen molar-refractivity contribution in [1.82, 2.24) is 15.1 Å². The molecule has 0 fully saturated rings. The molecule has 0 aliphatic rings. The van der Waals surface area contributed by atoms with E-state index in [0.29, 0.717) is 17.8 Å². The molecule has 0 saturated heterocycles. The van der Waals surface area contributed by atoms with Crippen LogP contribution in [0.1, 0.15) is 35.6 Å². The SMILES string of the molecule is Cc1nn(-c2ccccc2)c(C)c1C(=O)NCC(C)(C)N. The Kier molecular flexibility index (Phi) is 4.14. The molecule has 0 bridgehead atoms. The van der Waals surface area contributed by atoms with Crippen LogP contribution >= 0.6 is 0 Å². The summed E-state index contributed by atoms with van der Waals surface area (Å²) in [6.45, 7) is 7.91. The lowest BCUT2D eigenvalue weighted by Gasteiger charge is -2.18. The number of aromatic nitrogens is 2. The average molecular weight is 286 g/mol. The lowest BCUT2D eigenvalue weighted by molar-refractivity contribution is 0.0945. The fourth-order valence-corrected chi connectivity index (χ4v) is 2.19. The number of nitrogens with zero attached hydrogens (tertiary/aromatic N) is 2. The minimum atomic E-state index is -0.438. The topological polar surface area (TPSA) is 72.9 Å². The second kappa shape index (κ2) is 5.69. The van der Waals surface area contributed by atoms with Gasteiger partial charge in [0, 0.05) is 12.1 Å². The van der Waals surface area contributed by atoms with Crippen LogP contribution in [-0.4, -0.2) is 27.8 Å². The van der Waals surface area contributed by atoms with Crippen molar-refractivity contribution in [3.8, 4) is 5.69 Å². The van der Waals surface area contributed by atoms with Crippen molar-refractivity contribution in [3.63, 3.8) is 0 Å². The molecule has 0 spiro atoms. The number of carbonyl (C=O) groups is 1. The van der Waals surface area contributed by atoms with Crippen LogP contribution < -0.4 is 11.1 Å². The normalized spacial score (nSPS) is 11.5. The van der Waals surface area contributed by atoms with E-state index in [1.807, 2.05) is 58.0 Å². The van der Waals surface area contributed by atoms with Crippen LogP contribution in [0, 0.1) is 13.8 Å². The lowest BCUT2D eigenvalue weighted by Crippen LogP contribution is -2.45. The number of nitrogens with one attached hydrogen (secondary N) is 1. The maximum absolute atomic E-state index is 12.4. The zero-order valence-corrected chi connectivity index (χ0v) is 13.0. The van der Waals surface area contributed by atoms with Gasteiger partial charge in [-0.1, -0.05) is 18.2 Å². The van der Waals surface area contributed by atoms with Gasteiger partial charge in [-0.05, 0) is 39.8 Å². The highest BCUT2D eigenvalue weighted by Crippen LogP contribution is 2.17. The van der Waals surface area contributed by atoms with Gasteiger partial charge in [-0.3, -0.25) is 4.79 Å². The van der Waals surface area contributed by atoms with Crippen LogP contribution in [0.15, 0.2) is 30.3 Å². The Morgan fingerprint density at radius 2 is 1.90 bits per heavy atom. The van der Waals surface area contributed by atoms with Crippen LogP contribution in [0.2, 0.25) is 0 Å². The summed E-state index contributed by atoms with van der Waals surface area (Å²) in [6, 6.07) is 9.77. The summed E-state index contributed by atoms with van der Waals surface area (Å²) in [5.41, 5.74) is 8.55. The molecular weight excluding hydrogens is 264 g/mol. The number of hydrogen-bond donors (Lipinski definition) is 2. The molecule has 0 radical (unpaired) electrons. The Labute approximate surface area is 125 Å². The van der Waals surface area contributed by atoms with E-state index in [9.17, 15) is 4.79 Å². The van der Waals surface area contributed by atoms with E-state index in [1.165, 1.54) is 0 Å². The molecular formula is C16H22N4O. The highest BCUT2D eigenvalue weighted by atomic mass is 16.1. The van der Waals surface area contributed by atoms with E-state index in [2.05, 4.69) is 10.4 Å². The molecule has 1 aromatic carbocycles. The number of amides is 1. The molecule has 1 amide bonds.